The fourth-order valence-electron chi connectivity index (χ4n) is 2.18. The van der Waals surface area contributed by atoms with Crippen LogP contribution in [0, 0.1) is 0 Å². The Labute approximate surface area is 124 Å². The Morgan fingerprint density at radius 2 is 1.95 bits per heavy atom. The van der Waals surface area contributed by atoms with E-state index in [0.29, 0.717) is 32.9 Å². The molecule has 0 N–H and O–H groups in total. The summed E-state index contributed by atoms with van der Waals surface area (Å²) in [5, 5.41) is 0. The number of carbonyl (C=O) groups is 1. The van der Waals surface area contributed by atoms with Gasteiger partial charge in [0.25, 0.3) is 0 Å². The standard InChI is InChI=1S/C14H22N4O3/c1-3-20-10-12-9-13(16-11-15-12)17-5-7-18(8-6-17)14(19)21-4-2/h9,11H,3-8,10H2,1-2H3. The molecule has 2 rings (SSSR count). The number of anilines is 1. The van der Waals surface area contributed by atoms with Gasteiger partial charge in [0, 0.05) is 38.9 Å². The Balaban J connectivity index is 1.91. The summed E-state index contributed by atoms with van der Waals surface area (Å²) in [4.78, 5) is 24.0. The number of ether oxygens (including phenoxy) is 2. The Morgan fingerprint density at radius 1 is 1.19 bits per heavy atom. The van der Waals surface area contributed by atoms with E-state index in [-0.39, 0.29) is 6.09 Å². The van der Waals surface area contributed by atoms with Crippen molar-refractivity contribution >= 4 is 11.9 Å². The maximum absolute atomic E-state index is 11.7. The highest BCUT2D eigenvalue weighted by Gasteiger charge is 2.22. The van der Waals surface area contributed by atoms with E-state index < -0.39 is 0 Å². The molecule has 0 atom stereocenters. The van der Waals surface area contributed by atoms with Gasteiger partial charge in [0.15, 0.2) is 0 Å². The summed E-state index contributed by atoms with van der Waals surface area (Å²) in [6, 6.07) is 1.94. The average Bonchev–Trinajstić information content (AvgIpc) is 2.53. The molecular formula is C14H22N4O3. The van der Waals surface area contributed by atoms with Gasteiger partial charge < -0.3 is 19.3 Å². The minimum atomic E-state index is -0.239. The van der Waals surface area contributed by atoms with Crippen molar-refractivity contribution in [2.24, 2.45) is 0 Å². The molecule has 7 nitrogen and oxygen atoms in total. The van der Waals surface area contributed by atoms with Gasteiger partial charge >= 0.3 is 6.09 Å². The summed E-state index contributed by atoms with van der Waals surface area (Å²) in [6.07, 6.45) is 1.32. The maximum Gasteiger partial charge on any atom is 0.409 e. The molecule has 1 amide bonds. The highest BCUT2D eigenvalue weighted by atomic mass is 16.6. The third kappa shape index (κ3) is 4.29. The first-order valence-electron chi connectivity index (χ1n) is 7.30. The second-order valence-electron chi connectivity index (χ2n) is 4.68. The van der Waals surface area contributed by atoms with Gasteiger partial charge in [-0.05, 0) is 13.8 Å². The molecule has 1 fully saturated rings. The van der Waals surface area contributed by atoms with Gasteiger partial charge in [0.1, 0.15) is 12.1 Å². The van der Waals surface area contributed by atoms with Crippen LogP contribution in [0.1, 0.15) is 19.5 Å². The van der Waals surface area contributed by atoms with Crippen LogP contribution in [0.5, 0.6) is 0 Å². The minimum Gasteiger partial charge on any atom is -0.450 e. The van der Waals surface area contributed by atoms with Crippen LogP contribution >= 0.6 is 0 Å². The zero-order chi connectivity index (χ0) is 15.1. The number of rotatable bonds is 5. The van der Waals surface area contributed by atoms with Crippen LogP contribution in [0.4, 0.5) is 10.6 Å². The number of hydrogen-bond donors (Lipinski definition) is 0. The molecule has 21 heavy (non-hydrogen) atoms. The van der Waals surface area contributed by atoms with Crippen LogP contribution in [0.15, 0.2) is 12.4 Å². The summed E-state index contributed by atoms with van der Waals surface area (Å²) in [5.41, 5.74) is 0.870. The van der Waals surface area contributed by atoms with Crippen LogP contribution in [-0.4, -0.2) is 60.4 Å². The van der Waals surface area contributed by atoms with E-state index >= 15 is 0 Å². The Kier molecular flexibility index (Phi) is 5.74. The lowest BCUT2D eigenvalue weighted by atomic mass is 10.3. The molecule has 2 heterocycles. The fourth-order valence-corrected chi connectivity index (χ4v) is 2.18. The first-order valence-corrected chi connectivity index (χ1v) is 7.30. The number of aromatic nitrogens is 2. The summed E-state index contributed by atoms with van der Waals surface area (Å²) in [6.45, 7) is 8.10. The molecule has 0 aromatic carbocycles. The lowest BCUT2D eigenvalue weighted by Gasteiger charge is -2.34. The highest BCUT2D eigenvalue weighted by Crippen LogP contribution is 2.14. The van der Waals surface area contributed by atoms with Crippen molar-refractivity contribution in [1.29, 1.82) is 0 Å². The van der Waals surface area contributed by atoms with Gasteiger partial charge in [-0.3, -0.25) is 0 Å². The summed E-state index contributed by atoms with van der Waals surface area (Å²) in [7, 11) is 0. The Hall–Kier alpha value is -1.89. The molecule has 0 bridgehead atoms. The van der Waals surface area contributed by atoms with Gasteiger partial charge in [-0.15, -0.1) is 0 Å². The Bertz CT molecular complexity index is 461. The fraction of sp³-hybridized carbons (Fsp3) is 0.643. The lowest BCUT2D eigenvalue weighted by molar-refractivity contribution is 0.105. The second-order valence-corrected chi connectivity index (χ2v) is 4.68. The van der Waals surface area contributed by atoms with E-state index in [2.05, 4.69) is 14.9 Å². The van der Waals surface area contributed by atoms with Crippen molar-refractivity contribution in [3.8, 4) is 0 Å². The van der Waals surface area contributed by atoms with Gasteiger partial charge in [-0.1, -0.05) is 0 Å². The smallest absolute Gasteiger partial charge is 0.409 e. The van der Waals surface area contributed by atoms with Crippen LogP contribution in [0.2, 0.25) is 0 Å². The van der Waals surface area contributed by atoms with Crippen molar-refractivity contribution < 1.29 is 14.3 Å². The van der Waals surface area contributed by atoms with Crippen molar-refractivity contribution in [2.75, 3.05) is 44.3 Å². The molecule has 0 saturated carbocycles. The molecule has 1 aliphatic rings. The van der Waals surface area contributed by atoms with Crippen molar-refractivity contribution in [2.45, 2.75) is 20.5 Å². The summed E-state index contributed by atoms with van der Waals surface area (Å²) >= 11 is 0. The predicted octanol–water partition coefficient (Wildman–Crippen LogP) is 1.29. The first kappa shape index (κ1) is 15.5. The molecule has 1 saturated heterocycles. The van der Waals surface area contributed by atoms with Gasteiger partial charge in [-0.25, -0.2) is 14.8 Å². The Morgan fingerprint density at radius 3 is 2.62 bits per heavy atom. The summed E-state index contributed by atoms with van der Waals surface area (Å²) < 4.78 is 10.4. The summed E-state index contributed by atoms with van der Waals surface area (Å²) in [5.74, 6) is 0.878. The van der Waals surface area contributed by atoms with Gasteiger partial charge in [0.2, 0.25) is 0 Å². The molecule has 0 unspecified atom stereocenters. The third-order valence-corrected chi connectivity index (χ3v) is 3.29. The highest BCUT2D eigenvalue weighted by molar-refractivity contribution is 5.68. The van der Waals surface area contributed by atoms with E-state index in [1.54, 1.807) is 11.2 Å². The second kappa shape index (κ2) is 7.78. The number of hydrogen-bond acceptors (Lipinski definition) is 6. The van der Waals surface area contributed by atoms with Crippen LogP contribution in [0.3, 0.4) is 0 Å². The zero-order valence-corrected chi connectivity index (χ0v) is 12.6. The number of amides is 1. The molecule has 0 spiro atoms. The van der Waals surface area contributed by atoms with E-state index in [9.17, 15) is 4.79 Å². The van der Waals surface area contributed by atoms with Crippen LogP contribution < -0.4 is 4.90 Å². The van der Waals surface area contributed by atoms with Gasteiger partial charge in [0.05, 0.1) is 18.9 Å². The first-order chi connectivity index (χ1) is 10.2. The SMILES string of the molecule is CCOCc1cc(N2CCN(C(=O)OCC)CC2)ncn1. The largest absolute Gasteiger partial charge is 0.450 e. The van der Waals surface area contributed by atoms with E-state index in [1.807, 2.05) is 19.9 Å². The number of carbonyl (C=O) groups excluding carboxylic acids is 1. The van der Waals surface area contributed by atoms with Crippen molar-refractivity contribution in [1.82, 2.24) is 14.9 Å². The molecular weight excluding hydrogens is 272 g/mol. The molecule has 0 aliphatic carbocycles. The zero-order valence-electron chi connectivity index (χ0n) is 12.6. The van der Waals surface area contributed by atoms with E-state index in [1.165, 1.54) is 0 Å². The molecule has 116 valence electrons. The third-order valence-electron chi connectivity index (χ3n) is 3.29. The van der Waals surface area contributed by atoms with E-state index in [4.69, 9.17) is 9.47 Å². The molecule has 7 heteroatoms. The predicted molar refractivity (Wildman–Crippen MR) is 78.2 cm³/mol. The minimum absolute atomic E-state index is 0.239. The van der Waals surface area contributed by atoms with E-state index in [0.717, 1.165) is 24.6 Å². The molecule has 1 aromatic rings. The monoisotopic (exact) mass is 294 g/mol. The molecule has 1 aliphatic heterocycles. The molecule has 0 radical (unpaired) electrons. The van der Waals surface area contributed by atoms with Crippen molar-refractivity contribution in [3.63, 3.8) is 0 Å². The van der Waals surface area contributed by atoms with Crippen LogP contribution in [-0.2, 0) is 16.1 Å². The maximum atomic E-state index is 11.7. The average molecular weight is 294 g/mol. The topological polar surface area (TPSA) is 67.8 Å². The van der Waals surface area contributed by atoms with Crippen molar-refractivity contribution in [3.05, 3.63) is 18.1 Å². The lowest BCUT2D eigenvalue weighted by Crippen LogP contribution is -2.49. The number of piperazine rings is 1. The normalized spacial score (nSPS) is 15.1. The van der Waals surface area contributed by atoms with Crippen LogP contribution in [0.25, 0.3) is 0 Å². The van der Waals surface area contributed by atoms with Gasteiger partial charge in [-0.2, -0.15) is 0 Å². The molecule has 1 aromatic heterocycles. The number of nitrogens with zero attached hydrogens (tertiary/aromatic N) is 4. The quantitative estimate of drug-likeness (QED) is 0.815.